The van der Waals surface area contributed by atoms with Gasteiger partial charge < -0.3 is 4.74 Å². The van der Waals surface area contributed by atoms with Crippen molar-refractivity contribution < 1.29 is 21.9 Å². The van der Waals surface area contributed by atoms with Gasteiger partial charge in [0.15, 0.2) is 11.6 Å². The molecule has 0 spiro atoms. The summed E-state index contributed by atoms with van der Waals surface area (Å²) in [5, 5.41) is 0. The molecule has 0 aliphatic heterocycles. The van der Waals surface area contributed by atoms with E-state index in [1.807, 2.05) is 0 Å². The van der Waals surface area contributed by atoms with E-state index in [4.69, 9.17) is 15.4 Å². The highest BCUT2D eigenvalue weighted by molar-refractivity contribution is 8.13. The lowest BCUT2D eigenvalue weighted by Gasteiger charge is -2.14. The van der Waals surface area contributed by atoms with E-state index in [1.165, 1.54) is 12.1 Å². The van der Waals surface area contributed by atoms with Crippen LogP contribution in [0.3, 0.4) is 0 Å². The van der Waals surface area contributed by atoms with Crippen LogP contribution in [0.2, 0.25) is 0 Å². The van der Waals surface area contributed by atoms with Crippen LogP contribution in [0.5, 0.6) is 5.75 Å². The molecule has 1 rings (SSSR count). The largest absolute Gasteiger partial charge is 0.490 e. The summed E-state index contributed by atoms with van der Waals surface area (Å²) in [6.45, 7) is 1.72. The van der Waals surface area contributed by atoms with Crippen molar-refractivity contribution in [1.29, 1.82) is 0 Å². The van der Waals surface area contributed by atoms with E-state index < -0.39 is 20.7 Å². The van der Waals surface area contributed by atoms with E-state index in [0.29, 0.717) is 6.42 Å². The Morgan fingerprint density at radius 3 is 2.61 bits per heavy atom. The predicted octanol–water partition coefficient (Wildman–Crippen LogP) is 2.94. The third kappa shape index (κ3) is 4.78. The van der Waals surface area contributed by atoms with Crippen molar-refractivity contribution in [3.05, 3.63) is 29.8 Å². The van der Waals surface area contributed by atoms with Crippen LogP contribution in [0.1, 0.15) is 13.3 Å². The van der Waals surface area contributed by atoms with Crippen LogP contribution in [0.4, 0.5) is 8.78 Å². The highest BCUT2D eigenvalue weighted by Gasteiger charge is 2.17. The van der Waals surface area contributed by atoms with Gasteiger partial charge in [-0.05, 0) is 18.6 Å². The maximum Gasteiger partial charge on any atom is 0.232 e. The van der Waals surface area contributed by atoms with Crippen molar-refractivity contribution >= 4 is 19.7 Å². The lowest BCUT2D eigenvalue weighted by atomic mass is 10.1. The second-order valence-corrected chi connectivity index (χ2v) is 6.66. The molecule has 1 unspecified atom stereocenters. The van der Waals surface area contributed by atoms with Crippen LogP contribution in [0.15, 0.2) is 18.2 Å². The first-order valence-corrected chi connectivity index (χ1v) is 7.80. The van der Waals surface area contributed by atoms with Crippen molar-refractivity contribution in [2.45, 2.75) is 13.3 Å². The van der Waals surface area contributed by atoms with Crippen LogP contribution in [-0.4, -0.2) is 20.8 Å². The Morgan fingerprint density at radius 1 is 1.39 bits per heavy atom. The summed E-state index contributed by atoms with van der Waals surface area (Å²) in [6.07, 6.45) is 0.503. The fourth-order valence-electron chi connectivity index (χ4n) is 1.37. The topological polar surface area (TPSA) is 43.4 Å². The number of benzene rings is 1. The van der Waals surface area contributed by atoms with Gasteiger partial charge in [0.2, 0.25) is 14.9 Å². The van der Waals surface area contributed by atoms with E-state index in [2.05, 4.69) is 0 Å². The highest BCUT2D eigenvalue weighted by atomic mass is 35.7. The van der Waals surface area contributed by atoms with Gasteiger partial charge in [0.05, 0.1) is 12.4 Å². The molecule has 0 amide bonds. The van der Waals surface area contributed by atoms with Crippen LogP contribution in [0.25, 0.3) is 0 Å². The molecule has 0 heterocycles. The van der Waals surface area contributed by atoms with E-state index >= 15 is 0 Å². The van der Waals surface area contributed by atoms with Gasteiger partial charge in [-0.15, -0.1) is 0 Å². The van der Waals surface area contributed by atoms with Crippen molar-refractivity contribution in [3.63, 3.8) is 0 Å². The third-order valence-electron chi connectivity index (χ3n) is 2.40. The molecule has 102 valence electrons. The van der Waals surface area contributed by atoms with Crippen LogP contribution in [0, 0.1) is 17.6 Å². The third-order valence-corrected chi connectivity index (χ3v) is 3.65. The molecule has 0 aliphatic carbocycles. The maximum atomic E-state index is 13.2. The number of rotatable bonds is 6. The zero-order valence-corrected chi connectivity index (χ0v) is 11.3. The SMILES string of the molecule is CCC(COc1cccc(F)c1F)CS(=O)(=O)Cl. The van der Waals surface area contributed by atoms with Crippen molar-refractivity contribution in [3.8, 4) is 5.75 Å². The molecule has 0 N–H and O–H groups in total. The molecule has 1 atom stereocenters. The quantitative estimate of drug-likeness (QED) is 0.758. The lowest BCUT2D eigenvalue weighted by Crippen LogP contribution is -2.19. The van der Waals surface area contributed by atoms with Crippen LogP contribution < -0.4 is 4.74 Å². The summed E-state index contributed by atoms with van der Waals surface area (Å²) >= 11 is 0. The van der Waals surface area contributed by atoms with E-state index in [1.54, 1.807) is 6.92 Å². The zero-order valence-electron chi connectivity index (χ0n) is 9.70. The Labute approximate surface area is 109 Å². The summed E-state index contributed by atoms with van der Waals surface area (Å²) < 4.78 is 53.0. The summed E-state index contributed by atoms with van der Waals surface area (Å²) in [4.78, 5) is 0. The molecular weight excluding hydrogens is 286 g/mol. The molecule has 0 aliphatic rings. The zero-order chi connectivity index (χ0) is 13.8. The average molecular weight is 299 g/mol. The Kier molecular flexibility index (Phi) is 5.34. The Bertz CT molecular complexity index is 505. The molecule has 3 nitrogen and oxygen atoms in total. The molecular formula is C11H13ClF2O3S. The molecule has 0 aromatic heterocycles. The molecule has 1 aromatic rings. The van der Waals surface area contributed by atoms with E-state index in [-0.39, 0.29) is 24.0 Å². The van der Waals surface area contributed by atoms with Crippen LogP contribution in [-0.2, 0) is 9.05 Å². The minimum Gasteiger partial charge on any atom is -0.490 e. The van der Waals surface area contributed by atoms with Gasteiger partial charge in [-0.25, -0.2) is 12.8 Å². The predicted molar refractivity (Wildman–Crippen MR) is 65.3 cm³/mol. The van der Waals surface area contributed by atoms with Crippen molar-refractivity contribution in [2.75, 3.05) is 12.4 Å². The molecule has 18 heavy (non-hydrogen) atoms. The molecule has 1 aromatic carbocycles. The smallest absolute Gasteiger partial charge is 0.232 e. The summed E-state index contributed by atoms with van der Waals surface area (Å²) in [6, 6.07) is 3.57. The first-order chi connectivity index (χ1) is 8.33. The number of hydrogen-bond donors (Lipinski definition) is 0. The summed E-state index contributed by atoms with van der Waals surface area (Å²) in [7, 11) is 1.49. The lowest BCUT2D eigenvalue weighted by molar-refractivity contribution is 0.244. The molecule has 0 bridgehead atoms. The number of ether oxygens (including phenoxy) is 1. The second kappa shape index (κ2) is 6.33. The molecule has 0 radical (unpaired) electrons. The second-order valence-electron chi connectivity index (χ2n) is 3.84. The maximum absolute atomic E-state index is 13.2. The molecule has 0 fully saturated rings. The number of halogens is 3. The van der Waals surface area contributed by atoms with E-state index in [0.717, 1.165) is 6.07 Å². The molecule has 7 heteroatoms. The van der Waals surface area contributed by atoms with Gasteiger partial charge in [-0.2, -0.15) is 4.39 Å². The van der Waals surface area contributed by atoms with Crippen molar-refractivity contribution in [2.24, 2.45) is 5.92 Å². The normalized spacial score (nSPS) is 13.3. The minimum atomic E-state index is -3.63. The van der Waals surface area contributed by atoms with Gasteiger partial charge in [0.1, 0.15) is 0 Å². The Morgan fingerprint density at radius 2 is 2.06 bits per heavy atom. The number of hydrogen-bond acceptors (Lipinski definition) is 3. The monoisotopic (exact) mass is 298 g/mol. The average Bonchev–Trinajstić information content (AvgIpc) is 2.27. The van der Waals surface area contributed by atoms with Gasteiger partial charge >= 0.3 is 0 Å². The van der Waals surface area contributed by atoms with Gasteiger partial charge in [0.25, 0.3) is 0 Å². The van der Waals surface area contributed by atoms with Crippen LogP contribution >= 0.6 is 10.7 Å². The fourth-order valence-corrected chi connectivity index (χ4v) is 2.80. The molecule has 0 saturated carbocycles. The van der Waals surface area contributed by atoms with Gasteiger partial charge in [-0.3, -0.25) is 0 Å². The summed E-state index contributed by atoms with van der Waals surface area (Å²) in [5.41, 5.74) is 0. The Balaban J connectivity index is 2.66. The first-order valence-electron chi connectivity index (χ1n) is 5.32. The highest BCUT2D eigenvalue weighted by Crippen LogP contribution is 2.20. The van der Waals surface area contributed by atoms with Crippen molar-refractivity contribution in [1.82, 2.24) is 0 Å². The first kappa shape index (κ1) is 15.2. The fraction of sp³-hybridized carbons (Fsp3) is 0.455. The van der Waals surface area contributed by atoms with Gasteiger partial charge in [0, 0.05) is 16.6 Å². The van der Waals surface area contributed by atoms with Gasteiger partial charge in [-0.1, -0.05) is 13.0 Å². The van der Waals surface area contributed by atoms with E-state index in [9.17, 15) is 17.2 Å². The standard InChI is InChI=1S/C11H13ClF2O3S/c1-2-8(7-18(12,15)16)6-17-10-5-3-4-9(13)11(10)14/h3-5,8H,2,6-7H2,1H3. The molecule has 0 saturated heterocycles. The minimum absolute atomic E-state index is 0.0389. The Hall–Kier alpha value is -0.880. The summed E-state index contributed by atoms with van der Waals surface area (Å²) in [5.74, 6) is -2.95.